The van der Waals surface area contributed by atoms with Gasteiger partial charge in [0.1, 0.15) is 0 Å². The fourth-order valence-electron chi connectivity index (χ4n) is 7.43. The van der Waals surface area contributed by atoms with Gasteiger partial charge >= 0.3 is 16.5 Å². The van der Waals surface area contributed by atoms with Crippen LogP contribution >= 0.6 is 23.2 Å². The molecular formula is C49H40Cl2N4NiO2. The van der Waals surface area contributed by atoms with Crippen LogP contribution < -0.4 is 15.3 Å². The van der Waals surface area contributed by atoms with Crippen LogP contribution in [0.3, 0.4) is 0 Å². The summed E-state index contributed by atoms with van der Waals surface area (Å²) < 4.78 is 0. The second-order valence-electron chi connectivity index (χ2n) is 13.5. The van der Waals surface area contributed by atoms with E-state index in [2.05, 4.69) is 60.8 Å². The van der Waals surface area contributed by atoms with E-state index in [0.717, 1.165) is 75.6 Å². The third-order valence-corrected chi connectivity index (χ3v) is 10.1. The zero-order chi connectivity index (χ0) is 39.6. The summed E-state index contributed by atoms with van der Waals surface area (Å²) in [5.74, 6) is -0.262. The van der Waals surface area contributed by atoms with Gasteiger partial charge in [-0.3, -0.25) is 14.6 Å². The number of rotatable bonds is 12. The summed E-state index contributed by atoms with van der Waals surface area (Å²) in [6.45, 7) is 2.19. The third kappa shape index (κ3) is 8.88. The number of nitrogens with one attached hydrogen (secondary N) is 1. The second kappa shape index (κ2) is 19.6. The summed E-state index contributed by atoms with van der Waals surface area (Å²) in [5.41, 5.74) is 9.73. The van der Waals surface area contributed by atoms with Gasteiger partial charge in [-0.2, -0.15) is 0 Å². The molecule has 2 aromatic heterocycles. The Balaban J connectivity index is 0.00000138. The minimum Gasteiger partial charge on any atom is -0.657 e. The minimum absolute atomic E-state index is 0. The molecule has 0 fully saturated rings. The van der Waals surface area contributed by atoms with Crippen molar-refractivity contribution in [3.63, 3.8) is 0 Å². The molecule has 1 N–H and O–H groups in total. The molecule has 4 aromatic carbocycles. The van der Waals surface area contributed by atoms with Gasteiger partial charge in [-0.05, 0) is 52.5 Å². The predicted molar refractivity (Wildman–Crippen MR) is 232 cm³/mol. The van der Waals surface area contributed by atoms with Crippen molar-refractivity contribution in [2.24, 2.45) is 4.99 Å². The van der Waals surface area contributed by atoms with Crippen LogP contribution in [-0.2, 0) is 26.7 Å². The first kappa shape index (κ1) is 41.9. The molecule has 8 rings (SSSR count). The molecule has 1 amide bonds. The van der Waals surface area contributed by atoms with Crippen LogP contribution in [0.15, 0.2) is 186 Å². The van der Waals surface area contributed by atoms with Crippen molar-refractivity contribution in [2.45, 2.75) is 31.6 Å². The van der Waals surface area contributed by atoms with Crippen LogP contribution in [0, 0.1) is 0 Å². The Morgan fingerprint density at radius 2 is 1.17 bits per heavy atom. The number of halogens is 2. The quantitative estimate of drug-likeness (QED) is 0.0755. The summed E-state index contributed by atoms with van der Waals surface area (Å²) in [4.78, 5) is 41.7. The number of hydrogen-bond donors (Lipinski definition) is 1. The van der Waals surface area contributed by atoms with Crippen LogP contribution in [0.25, 0.3) is 11.1 Å². The summed E-state index contributed by atoms with van der Waals surface area (Å²) >= 11 is 9.53. The monoisotopic (exact) mass is 844 g/mol. The van der Waals surface area contributed by atoms with Gasteiger partial charge in [0.15, 0.2) is 5.78 Å². The topological polar surface area (TPSA) is 86.7 Å². The Morgan fingerprint density at radius 1 is 0.638 bits per heavy atom. The van der Waals surface area contributed by atoms with Crippen molar-refractivity contribution in [3.8, 4) is 0 Å². The van der Waals surface area contributed by atoms with Gasteiger partial charge in [0.25, 0.3) is 0 Å². The number of unbranched alkanes of at least 4 members (excludes halogenated alkanes) is 1. The Kier molecular flexibility index (Phi) is 14.2. The number of aromatic nitrogens is 2. The summed E-state index contributed by atoms with van der Waals surface area (Å²) in [7, 11) is 0. The van der Waals surface area contributed by atoms with Gasteiger partial charge in [0.05, 0.1) is 16.7 Å². The molecule has 292 valence electrons. The first-order chi connectivity index (χ1) is 28.0. The van der Waals surface area contributed by atoms with Crippen molar-refractivity contribution in [1.29, 1.82) is 0 Å². The zero-order valence-corrected chi connectivity index (χ0v) is 34.2. The molecule has 0 aliphatic carbocycles. The molecule has 0 bridgehead atoms. The van der Waals surface area contributed by atoms with Crippen LogP contribution in [0.5, 0.6) is 0 Å². The number of allylic oxidation sites excluding steroid dienone is 3. The van der Waals surface area contributed by atoms with E-state index in [1.54, 1.807) is 6.08 Å². The van der Waals surface area contributed by atoms with Crippen LogP contribution in [0.2, 0.25) is 0 Å². The van der Waals surface area contributed by atoms with E-state index in [1.165, 1.54) is 0 Å². The largest absolute Gasteiger partial charge is 2.00 e. The number of nitrogens with zero attached hydrogens (tertiary/aromatic N) is 3. The van der Waals surface area contributed by atoms with Gasteiger partial charge in [0.2, 0.25) is 5.91 Å². The fourth-order valence-corrected chi connectivity index (χ4v) is 7.43. The first-order valence-corrected chi connectivity index (χ1v) is 19.9. The standard InChI is InChI=1S/C48H40N4O2.CH2Cl2.Ni/c1-2-3-32-48(36-22-14-7-15-23-36,43-30-27-41(51-43)47(54)35-20-12-6-13-21-35)42-29-26-39(50-42)45(33-16-8-4-9-17-33)37-24-25-38(49-37)46(34-18-10-5-11-19-34)40-28-31-44(53)52-40;2-1-3;/h4-31H,2-3,32H2,1H3,(H3,49,50,51,52,53,54);1H2;/q;;+2/p-2/t48-;;/m0../s1. The van der Waals surface area contributed by atoms with E-state index >= 15 is 0 Å². The van der Waals surface area contributed by atoms with Crippen LogP contribution in [0.4, 0.5) is 0 Å². The zero-order valence-electron chi connectivity index (χ0n) is 31.7. The Hall–Kier alpha value is -5.72. The first-order valence-electron chi connectivity index (χ1n) is 18.9. The van der Waals surface area contributed by atoms with E-state index < -0.39 is 5.41 Å². The molecule has 0 unspecified atom stereocenters. The van der Waals surface area contributed by atoms with E-state index in [0.29, 0.717) is 17.0 Å². The van der Waals surface area contributed by atoms with Crippen LogP contribution in [0.1, 0.15) is 76.0 Å². The van der Waals surface area contributed by atoms with E-state index in [-0.39, 0.29) is 33.5 Å². The molecule has 58 heavy (non-hydrogen) atoms. The Bertz CT molecular complexity index is 2500. The Labute approximate surface area is 359 Å². The van der Waals surface area contributed by atoms with Gasteiger partial charge in [-0.1, -0.05) is 171 Å². The van der Waals surface area contributed by atoms with Crippen molar-refractivity contribution in [3.05, 3.63) is 226 Å². The summed E-state index contributed by atoms with van der Waals surface area (Å²) in [6.07, 6.45) is 10.2. The molecule has 2 aliphatic heterocycles. The van der Waals surface area contributed by atoms with Crippen LogP contribution in [-0.4, -0.2) is 22.7 Å². The van der Waals surface area contributed by atoms with Crippen molar-refractivity contribution < 1.29 is 26.1 Å². The van der Waals surface area contributed by atoms with Gasteiger partial charge < -0.3 is 15.3 Å². The van der Waals surface area contributed by atoms with Gasteiger partial charge in [0, 0.05) is 22.8 Å². The molecule has 6 nitrogen and oxygen atoms in total. The maximum atomic E-state index is 13.6. The number of ketones is 1. The number of carbonyl (C=O) groups is 2. The number of alkyl halides is 2. The Morgan fingerprint density at radius 3 is 1.74 bits per heavy atom. The molecule has 9 heteroatoms. The number of aliphatic imine (C=N–C) groups is 1. The minimum atomic E-state index is -0.713. The van der Waals surface area contributed by atoms with Crippen molar-refractivity contribution in [2.75, 3.05) is 5.34 Å². The molecule has 0 radical (unpaired) electrons. The van der Waals surface area contributed by atoms with Gasteiger partial charge in [-0.25, -0.2) is 0 Å². The van der Waals surface area contributed by atoms with E-state index in [4.69, 9.17) is 38.2 Å². The molecular weight excluding hydrogens is 806 g/mol. The third-order valence-electron chi connectivity index (χ3n) is 10.1. The molecule has 4 heterocycles. The summed E-state index contributed by atoms with van der Waals surface area (Å²) in [6, 6.07) is 47.8. The molecule has 6 aromatic rings. The number of hydrogen-bond acceptors (Lipinski definition) is 3. The maximum absolute atomic E-state index is 13.6. The SMILES string of the molecule is CCCC[C@@](C1=N/C(=C(/c2ccccc2)c2ccc(/C(=C3/C=CC(=O)N3)c3ccccc3)[n-]2)C=C1)(c1ccccc1)c1ccc(C(=O)c2ccccc2)[n-]1.ClCCl.[Ni+2]. The fraction of sp³-hybridized carbons (Fsp3) is 0.122. The summed E-state index contributed by atoms with van der Waals surface area (Å²) in [5, 5.41) is 3.18. The molecule has 0 saturated heterocycles. The molecule has 2 aliphatic rings. The second-order valence-corrected chi connectivity index (χ2v) is 14.3. The molecule has 0 saturated carbocycles. The number of benzene rings is 4. The number of carbonyl (C=O) groups excluding carboxylic acids is 2. The van der Waals surface area contributed by atoms with Crippen molar-refractivity contribution >= 4 is 51.8 Å². The molecule has 1 atom stereocenters. The average molecular weight is 846 g/mol. The van der Waals surface area contributed by atoms with Crippen molar-refractivity contribution in [1.82, 2.24) is 15.3 Å². The number of amides is 1. The maximum Gasteiger partial charge on any atom is 2.00 e. The predicted octanol–water partition coefficient (Wildman–Crippen LogP) is 10.6. The average Bonchev–Trinajstić information content (AvgIpc) is 4.11. The normalized spacial score (nSPS) is 15.7. The van der Waals surface area contributed by atoms with Gasteiger partial charge in [-0.15, -0.1) is 40.3 Å². The molecule has 0 spiro atoms. The smallest absolute Gasteiger partial charge is 0.657 e. The van der Waals surface area contributed by atoms with E-state index in [1.807, 2.05) is 115 Å². The van der Waals surface area contributed by atoms with E-state index in [9.17, 15) is 9.59 Å².